The third kappa shape index (κ3) is 5.06. The van der Waals surface area contributed by atoms with Crippen LogP contribution in [0.3, 0.4) is 0 Å². The Kier molecular flexibility index (Phi) is 6.74. The van der Waals surface area contributed by atoms with E-state index in [-0.39, 0.29) is 18.0 Å². The summed E-state index contributed by atoms with van der Waals surface area (Å²) < 4.78 is 5.31. The maximum absolute atomic E-state index is 12.8. The Morgan fingerprint density at radius 3 is 2.52 bits per heavy atom. The normalized spacial score (nSPS) is 18.1. The van der Waals surface area contributed by atoms with Gasteiger partial charge >= 0.3 is 0 Å². The van der Waals surface area contributed by atoms with Gasteiger partial charge in [0.1, 0.15) is 11.6 Å². The van der Waals surface area contributed by atoms with Crippen molar-refractivity contribution in [2.75, 3.05) is 37.2 Å². The number of nitrogens with two attached hydrogens (primary N) is 1. The van der Waals surface area contributed by atoms with Crippen molar-refractivity contribution in [1.82, 2.24) is 15.3 Å². The highest BCUT2D eigenvalue weighted by Gasteiger charge is 2.25. The van der Waals surface area contributed by atoms with Gasteiger partial charge in [-0.2, -0.15) is 4.98 Å². The van der Waals surface area contributed by atoms with Crippen LogP contribution in [-0.2, 0) is 0 Å². The number of hydrogen-bond acceptors (Lipinski definition) is 7. The van der Waals surface area contributed by atoms with E-state index in [9.17, 15) is 4.79 Å². The Hall–Kier alpha value is -3.26. The predicted molar refractivity (Wildman–Crippen MR) is 133 cm³/mol. The highest BCUT2D eigenvalue weighted by molar-refractivity contribution is 6.33. The molecule has 1 aliphatic carbocycles. The average molecular weight is 469 g/mol. The number of nitrogens with zero attached hydrogens (tertiary/aromatic N) is 3. The van der Waals surface area contributed by atoms with Crippen LogP contribution in [0.2, 0.25) is 5.02 Å². The molecule has 1 fully saturated rings. The number of nitrogen functional groups attached to an aromatic ring is 1. The van der Waals surface area contributed by atoms with Gasteiger partial charge in [0.25, 0.3) is 5.91 Å². The molecule has 0 saturated heterocycles. The Labute approximate surface area is 198 Å². The second-order valence-electron chi connectivity index (χ2n) is 8.52. The Morgan fingerprint density at radius 2 is 1.82 bits per heavy atom. The van der Waals surface area contributed by atoms with E-state index in [0.29, 0.717) is 28.0 Å². The number of benzene rings is 2. The van der Waals surface area contributed by atoms with E-state index < -0.39 is 0 Å². The van der Waals surface area contributed by atoms with Crippen LogP contribution in [0.15, 0.2) is 36.4 Å². The molecule has 1 aliphatic rings. The average Bonchev–Trinajstić information content (AvgIpc) is 2.81. The lowest BCUT2D eigenvalue weighted by Crippen LogP contribution is -2.40. The topological polar surface area (TPSA) is 105 Å². The van der Waals surface area contributed by atoms with Gasteiger partial charge in [0, 0.05) is 37.6 Å². The second kappa shape index (κ2) is 9.70. The molecule has 4 N–H and O–H groups in total. The fourth-order valence-electron chi connectivity index (χ4n) is 4.21. The number of nitrogens with one attached hydrogen (secondary N) is 2. The quantitative estimate of drug-likeness (QED) is 0.468. The number of para-hydroxylation sites is 1. The number of ether oxygens (including phenoxy) is 1. The smallest absolute Gasteiger partial charge is 0.255 e. The largest absolute Gasteiger partial charge is 0.496 e. The van der Waals surface area contributed by atoms with Gasteiger partial charge < -0.3 is 26.0 Å². The van der Waals surface area contributed by atoms with E-state index in [0.717, 1.165) is 42.4 Å². The predicted octanol–water partition coefficient (Wildman–Crippen LogP) is 4.09. The Balaban J connectivity index is 1.39. The van der Waals surface area contributed by atoms with E-state index in [4.69, 9.17) is 32.0 Å². The molecule has 0 spiro atoms. The highest BCUT2D eigenvalue weighted by Crippen LogP contribution is 2.30. The molecule has 0 radical (unpaired) electrons. The van der Waals surface area contributed by atoms with E-state index in [2.05, 4.69) is 10.6 Å². The SMILES string of the molecule is COc1cc(N)c(Cl)cc1C(=O)NC1CCC(Nc2nc(N(C)C)c3ccccc3n2)CC1. The molecule has 1 heterocycles. The number of carbonyl (C=O) groups excluding carboxylic acids is 1. The van der Waals surface area contributed by atoms with Crippen LogP contribution < -0.4 is 26.0 Å². The zero-order chi connectivity index (χ0) is 23.5. The van der Waals surface area contributed by atoms with Crippen LogP contribution in [0.4, 0.5) is 17.5 Å². The molecule has 4 rings (SSSR count). The lowest BCUT2D eigenvalue weighted by Gasteiger charge is -2.30. The molecule has 1 aromatic heterocycles. The minimum Gasteiger partial charge on any atom is -0.496 e. The number of methoxy groups -OCH3 is 1. The third-order valence-electron chi connectivity index (χ3n) is 5.97. The van der Waals surface area contributed by atoms with Gasteiger partial charge in [-0.25, -0.2) is 4.98 Å². The van der Waals surface area contributed by atoms with Gasteiger partial charge in [0.05, 0.1) is 28.9 Å². The van der Waals surface area contributed by atoms with E-state index in [1.54, 1.807) is 12.1 Å². The number of amides is 1. The third-order valence-corrected chi connectivity index (χ3v) is 6.29. The van der Waals surface area contributed by atoms with E-state index in [1.807, 2.05) is 43.3 Å². The first-order chi connectivity index (χ1) is 15.9. The molecule has 0 atom stereocenters. The maximum Gasteiger partial charge on any atom is 0.255 e. The summed E-state index contributed by atoms with van der Waals surface area (Å²) >= 11 is 6.11. The maximum atomic E-state index is 12.8. The van der Waals surface area contributed by atoms with Crippen LogP contribution in [0.25, 0.3) is 10.9 Å². The number of halogens is 1. The van der Waals surface area contributed by atoms with Crippen LogP contribution in [-0.4, -0.2) is 49.2 Å². The fraction of sp³-hybridized carbons (Fsp3) is 0.375. The van der Waals surface area contributed by atoms with E-state index >= 15 is 0 Å². The van der Waals surface area contributed by atoms with Crippen molar-refractivity contribution in [2.24, 2.45) is 0 Å². The van der Waals surface area contributed by atoms with Gasteiger partial charge in [0.2, 0.25) is 5.95 Å². The van der Waals surface area contributed by atoms with E-state index in [1.165, 1.54) is 7.11 Å². The number of aromatic nitrogens is 2. The molecule has 174 valence electrons. The standard InChI is InChI=1S/C24H29ClN6O2/c1-31(2)22-16-6-4-5-7-20(16)29-24(30-22)28-15-10-8-14(9-11-15)27-23(32)17-12-18(25)19(26)13-21(17)33-3/h4-7,12-15H,8-11,26H2,1-3H3,(H,27,32)(H,28,29,30). The summed E-state index contributed by atoms with van der Waals surface area (Å²) in [4.78, 5) is 24.3. The summed E-state index contributed by atoms with van der Waals surface area (Å²) in [6, 6.07) is 11.5. The van der Waals surface area contributed by atoms with Crippen molar-refractivity contribution in [3.05, 3.63) is 47.0 Å². The molecular weight excluding hydrogens is 440 g/mol. The summed E-state index contributed by atoms with van der Waals surface area (Å²) in [7, 11) is 5.47. The van der Waals surface area contributed by atoms with Gasteiger partial charge in [-0.05, 0) is 43.9 Å². The molecule has 9 heteroatoms. The molecule has 0 unspecified atom stereocenters. The summed E-state index contributed by atoms with van der Waals surface area (Å²) in [6.07, 6.45) is 3.50. The zero-order valence-electron chi connectivity index (χ0n) is 19.1. The first kappa shape index (κ1) is 22.9. The molecule has 0 aliphatic heterocycles. The van der Waals surface area contributed by atoms with Crippen molar-refractivity contribution in [3.63, 3.8) is 0 Å². The summed E-state index contributed by atoms with van der Waals surface area (Å²) in [6.45, 7) is 0. The number of fused-ring (bicyclic) bond motifs is 1. The molecule has 3 aromatic rings. The number of carbonyl (C=O) groups is 1. The van der Waals surface area contributed by atoms with Crippen LogP contribution in [0.5, 0.6) is 5.75 Å². The summed E-state index contributed by atoms with van der Waals surface area (Å²) in [5.74, 6) is 1.72. The first-order valence-electron chi connectivity index (χ1n) is 11.0. The lowest BCUT2D eigenvalue weighted by molar-refractivity contribution is 0.0923. The highest BCUT2D eigenvalue weighted by atomic mass is 35.5. The fourth-order valence-corrected chi connectivity index (χ4v) is 4.37. The molecule has 0 bridgehead atoms. The molecular formula is C24H29ClN6O2. The zero-order valence-corrected chi connectivity index (χ0v) is 19.8. The minimum absolute atomic E-state index is 0.0754. The van der Waals surface area contributed by atoms with Crippen molar-refractivity contribution < 1.29 is 9.53 Å². The monoisotopic (exact) mass is 468 g/mol. The van der Waals surface area contributed by atoms with Gasteiger partial charge in [-0.1, -0.05) is 23.7 Å². The number of hydrogen-bond donors (Lipinski definition) is 3. The van der Waals surface area contributed by atoms with Crippen LogP contribution in [0.1, 0.15) is 36.0 Å². The molecule has 1 amide bonds. The van der Waals surface area contributed by atoms with Gasteiger partial charge in [-0.3, -0.25) is 4.79 Å². The lowest BCUT2D eigenvalue weighted by atomic mass is 9.91. The van der Waals surface area contributed by atoms with Crippen LogP contribution in [0, 0.1) is 0 Å². The first-order valence-corrected chi connectivity index (χ1v) is 11.4. The van der Waals surface area contributed by atoms with Crippen molar-refractivity contribution in [2.45, 2.75) is 37.8 Å². The summed E-state index contributed by atoms with van der Waals surface area (Å²) in [5.41, 5.74) is 7.50. The summed E-state index contributed by atoms with van der Waals surface area (Å²) in [5, 5.41) is 7.96. The van der Waals surface area contributed by atoms with Gasteiger partial charge in [-0.15, -0.1) is 0 Å². The van der Waals surface area contributed by atoms with Crippen molar-refractivity contribution in [3.8, 4) is 5.75 Å². The Bertz CT molecular complexity index is 1160. The van der Waals surface area contributed by atoms with Gasteiger partial charge in [0.15, 0.2) is 0 Å². The van der Waals surface area contributed by atoms with Crippen LogP contribution >= 0.6 is 11.6 Å². The minimum atomic E-state index is -0.210. The van der Waals surface area contributed by atoms with Crippen molar-refractivity contribution >= 4 is 45.9 Å². The molecule has 33 heavy (non-hydrogen) atoms. The Morgan fingerprint density at radius 1 is 1.12 bits per heavy atom. The molecule has 1 saturated carbocycles. The number of rotatable bonds is 6. The number of anilines is 3. The molecule has 2 aromatic carbocycles. The second-order valence-corrected chi connectivity index (χ2v) is 8.93. The molecule has 8 nitrogen and oxygen atoms in total. The van der Waals surface area contributed by atoms with Crippen molar-refractivity contribution in [1.29, 1.82) is 0 Å².